The van der Waals surface area contributed by atoms with Crippen molar-refractivity contribution in [2.24, 2.45) is 0 Å². The number of halogens is 1. The molecule has 7 heteroatoms. The molecule has 1 aromatic heterocycles. The molecule has 1 heterocycles. The summed E-state index contributed by atoms with van der Waals surface area (Å²) in [6.07, 6.45) is 2.92. The molecule has 0 atom stereocenters. The number of anilines is 3. The van der Waals surface area contributed by atoms with Crippen LogP contribution in [0.2, 0.25) is 0 Å². The molecule has 0 saturated carbocycles. The third-order valence-corrected chi connectivity index (χ3v) is 3.83. The van der Waals surface area contributed by atoms with Crippen LogP contribution in [-0.2, 0) is 0 Å². The lowest BCUT2D eigenvalue weighted by Crippen LogP contribution is -2.14. The number of carbonyl (C=O) groups is 1. The van der Waals surface area contributed by atoms with E-state index in [1.165, 1.54) is 12.4 Å². The van der Waals surface area contributed by atoms with Crippen LogP contribution < -0.4 is 15.4 Å². The van der Waals surface area contributed by atoms with E-state index in [0.29, 0.717) is 17.3 Å². The van der Waals surface area contributed by atoms with Crippen molar-refractivity contribution in [2.45, 2.75) is 0 Å². The van der Waals surface area contributed by atoms with Crippen molar-refractivity contribution in [3.63, 3.8) is 0 Å². The molecule has 126 valence electrons. The summed E-state index contributed by atoms with van der Waals surface area (Å²) in [6.45, 7) is 0. The van der Waals surface area contributed by atoms with Gasteiger partial charge < -0.3 is 15.4 Å². The van der Waals surface area contributed by atoms with Gasteiger partial charge in [-0.2, -0.15) is 0 Å². The molecule has 25 heavy (non-hydrogen) atoms. The minimum atomic E-state index is -0.325. The van der Waals surface area contributed by atoms with E-state index in [2.05, 4.69) is 36.5 Å². The summed E-state index contributed by atoms with van der Waals surface area (Å²) in [5.74, 6) is 0.888. The summed E-state index contributed by atoms with van der Waals surface area (Å²) in [5.41, 5.74) is 1.67. The van der Waals surface area contributed by atoms with Crippen molar-refractivity contribution >= 4 is 39.0 Å². The van der Waals surface area contributed by atoms with Crippen LogP contribution in [0, 0.1) is 0 Å². The van der Waals surface area contributed by atoms with Gasteiger partial charge in [0.15, 0.2) is 0 Å². The van der Waals surface area contributed by atoms with Gasteiger partial charge in [-0.3, -0.25) is 4.79 Å². The van der Waals surface area contributed by atoms with Gasteiger partial charge in [-0.15, -0.1) is 0 Å². The Morgan fingerprint density at radius 3 is 2.64 bits per heavy atom. The summed E-state index contributed by atoms with van der Waals surface area (Å²) in [6, 6.07) is 14.8. The number of para-hydroxylation sites is 2. The maximum atomic E-state index is 12.2. The summed E-state index contributed by atoms with van der Waals surface area (Å²) < 4.78 is 6.16. The van der Waals surface area contributed by atoms with Gasteiger partial charge in [0.2, 0.25) is 0 Å². The molecule has 0 radical (unpaired) electrons. The van der Waals surface area contributed by atoms with Crippen LogP contribution in [0.1, 0.15) is 10.5 Å². The molecule has 2 N–H and O–H groups in total. The zero-order valence-corrected chi connectivity index (χ0v) is 14.9. The number of benzene rings is 2. The second-order valence-corrected chi connectivity index (χ2v) is 5.99. The highest BCUT2D eigenvalue weighted by atomic mass is 79.9. The zero-order chi connectivity index (χ0) is 17.6. The molecule has 0 aliphatic heterocycles. The van der Waals surface area contributed by atoms with E-state index in [9.17, 15) is 4.79 Å². The van der Waals surface area contributed by atoms with Crippen molar-refractivity contribution in [1.29, 1.82) is 0 Å². The van der Waals surface area contributed by atoms with Crippen molar-refractivity contribution in [2.75, 3.05) is 17.7 Å². The van der Waals surface area contributed by atoms with Crippen LogP contribution in [-0.4, -0.2) is 23.0 Å². The van der Waals surface area contributed by atoms with Crippen LogP contribution in [0.5, 0.6) is 5.75 Å². The second kappa shape index (κ2) is 7.76. The Balaban J connectivity index is 1.70. The molecule has 0 unspecified atom stereocenters. The van der Waals surface area contributed by atoms with Crippen molar-refractivity contribution in [3.8, 4) is 5.75 Å². The number of nitrogens with zero attached hydrogens (tertiary/aromatic N) is 2. The fourth-order valence-electron chi connectivity index (χ4n) is 2.16. The monoisotopic (exact) mass is 398 g/mol. The predicted molar refractivity (Wildman–Crippen MR) is 100 cm³/mol. The molecule has 3 rings (SSSR count). The van der Waals surface area contributed by atoms with Gasteiger partial charge >= 0.3 is 0 Å². The van der Waals surface area contributed by atoms with E-state index >= 15 is 0 Å². The molecule has 0 aliphatic rings. The number of nitrogens with one attached hydrogen (secondary N) is 2. The third-order valence-electron chi connectivity index (χ3n) is 3.34. The lowest BCUT2D eigenvalue weighted by atomic mass is 10.3. The highest BCUT2D eigenvalue weighted by Crippen LogP contribution is 2.25. The molecule has 0 saturated heterocycles. The Morgan fingerprint density at radius 2 is 1.92 bits per heavy atom. The predicted octanol–water partition coefficient (Wildman–Crippen LogP) is 4.24. The summed E-state index contributed by atoms with van der Waals surface area (Å²) >= 11 is 3.36. The first-order chi connectivity index (χ1) is 12.2. The summed E-state index contributed by atoms with van der Waals surface area (Å²) in [4.78, 5) is 20.6. The zero-order valence-electron chi connectivity index (χ0n) is 13.4. The maximum Gasteiger partial charge on any atom is 0.275 e. The molecular formula is C18H15BrN4O2. The van der Waals surface area contributed by atoms with Crippen molar-refractivity contribution < 1.29 is 9.53 Å². The van der Waals surface area contributed by atoms with Crippen LogP contribution >= 0.6 is 15.9 Å². The number of ether oxygens (including phenoxy) is 1. The lowest BCUT2D eigenvalue weighted by Gasteiger charge is -2.10. The van der Waals surface area contributed by atoms with E-state index in [1.54, 1.807) is 13.2 Å². The van der Waals surface area contributed by atoms with Gasteiger partial charge in [0.05, 0.1) is 25.2 Å². The number of amides is 1. The minimum absolute atomic E-state index is 0.227. The van der Waals surface area contributed by atoms with Crippen LogP contribution in [0.15, 0.2) is 65.4 Å². The van der Waals surface area contributed by atoms with Gasteiger partial charge in [-0.1, -0.05) is 34.1 Å². The first-order valence-electron chi connectivity index (χ1n) is 7.45. The molecule has 0 bridgehead atoms. The smallest absolute Gasteiger partial charge is 0.275 e. The molecule has 3 aromatic rings. The van der Waals surface area contributed by atoms with Crippen molar-refractivity contribution in [3.05, 3.63) is 71.1 Å². The molecular weight excluding hydrogens is 384 g/mol. The van der Waals surface area contributed by atoms with E-state index in [0.717, 1.165) is 10.2 Å². The van der Waals surface area contributed by atoms with Gasteiger partial charge in [-0.05, 0) is 30.3 Å². The van der Waals surface area contributed by atoms with Gasteiger partial charge in [0, 0.05) is 10.2 Å². The van der Waals surface area contributed by atoms with Crippen LogP contribution in [0.25, 0.3) is 0 Å². The fraction of sp³-hybridized carbons (Fsp3) is 0.0556. The Kier molecular flexibility index (Phi) is 5.25. The number of hydrogen-bond donors (Lipinski definition) is 2. The minimum Gasteiger partial charge on any atom is -0.495 e. The quantitative estimate of drug-likeness (QED) is 0.671. The normalized spacial score (nSPS) is 10.2. The number of methoxy groups -OCH3 is 1. The van der Waals surface area contributed by atoms with Gasteiger partial charge in [0.25, 0.3) is 5.91 Å². The van der Waals surface area contributed by atoms with Gasteiger partial charge in [0.1, 0.15) is 17.3 Å². The number of aromatic nitrogens is 2. The third kappa shape index (κ3) is 4.33. The van der Waals surface area contributed by atoms with E-state index in [-0.39, 0.29) is 11.6 Å². The summed E-state index contributed by atoms with van der Waals surface area (Å²) in [5, 5.41) is 5.88. The molecule has 1 amide bonds. The number of rotatable bonds is 5. The molecule has 0 fully saturated rings. The Bertz CT molecular complexity index is 884. The summed E-state index contributed by atoms with van der Waals surface area (Å²) in [7, 11) is 1.60. The molecule has 0 aliphatic carbocycles. The highest BCUT2D eigenvalue weighted by molar-refractivity contribution is 9.10. The Morgan fingerprint density at radius 1 is 1.08 bits per heavy atom. The fourth-order valence-corrected chi connectivity index (χ4v) is 2.56. The van der Waals surface area contributed by atoms with Crippen LogP contribution in [0.3, 0.4) is 0 Å². The number of carbonyl (C=O) groups excluding carboxylic acids is 1. The highest BCUT2D eigenvalue weighted by Gasteiger charge is 2.09. The standard InChI is InChI=1S/C18H15BrN4O2/c1-25-16-8-3-2-7-14(16)23-17-11-20-15(10-21-17)18(24)22-13-6-4-5-12(19)9-13/h2-11H,1H3,(H,21,23)(H,22,24). The SMILES string of the molecule is COc1ccccc1Nc1cnc(C(=O)Nc2cccc(Br)c2)cn1. The molecule has 6 nitrogen and oxygen atoms in total. The van der Waals surface area contributed by atoms with Crippen LogP contribution in [0.4, 0.5) is 17.2 Å². The lowest BCUT2D eigenvalue weighted by molar-refractivity contribution is 0.102. The second-order valence-electron chi connectivity index (χ2n) is 5.08. The van der Waals surface area contributed by atoms with E-state index in [4.69, 9.17) is 4.74 Å². The Labute approximate surface area is 153 Å². The van der Waals surface area contributed by atoms with E-state index < -0.39 is 0 Å². The first kappa shape index (κ1) is 16.9. The Hall–Kier alpha value is -2.93. The first-order valence-corrected chi connectivity index (χ1v) is 8.24. The average molecular weight is 399 g/mol. The molecule has 2 aromatic carbocycles. The molecule has 0 spiro atoms. The average Bonchev–Trinajstić information content (AvgIpc) is 2.63. The van der Waals surface area contributed by atoms with Gasteiger partial charge in [-0.25, -0.2) is 9.97 Å². The maximum absolute atomic E-state index is 12.2. The van der Waals surface area contributed by atoms with E-state index in [1.807, 2.05) is 42.5 Å². The number of hydrogen-bond acceptors (Lipinski definition) is 5. The topological polar surface area (TPSA) is 76.1 Å². The largest absolute Gasteiger partial charge is 0.495 e. The van der Waals surface area contributed by atoms with Crippen molar-refractivity contribution in [1.82, 2.24) is 9.97 Å².